The molecule has 184 valence electrons. The quantitative estimate of drug-likeness (QED) is 0.695. The third-order valence-corrected chi connectivity index (χ3v) is 7.55. The molecule has 3 aliphatic heterocycles. The number of amides is 3. The molecule has 0 spiro atoms. The first-order valence-corrected chi connectivity index (χ1v) is 12.9. The minimum absolute atomic E-state index is 0.000367. The number of hydrogen-bond donors (Lipinski definition) is 1. The van der Waals surface area contributed by atoms with Crippen LogP contribution >= 0.6 is 0 Å². The molecule has 1 N–H and O–H groups in total. The highest BCUT2D eigenvalue weighted by Gasteiger charge is 2.40. The van der Waals surface area contributed by atoms with Gasteiger partial charge in [-0.15, -0.1) is 0 Å². The molecule has 2 aromatic rings. The van der Waals surface area contributed by atoms with Crippen LogP contribution in [-0.2, 0) is 9.59 Å². The van der Waals surface area contributed by atoms with Crippen molar-refractivity contribution in [1.29, 1.82) is 0 Å². The number of nitrogens with one attached hydrogen (secondary N) is 1. The van der Waals surface area contributed by atoms with Gasteiger partial charge in [-0.25, -0.2) is 0 Å². The van der Waals surface area contributed by atoms with E-state index in [0.717, 1.165) is 63.0 Å². The van der Waals surface area contributed by atoms with Crippen LogP contribution in [0.5, 0.6) is 0 Å². The van der Waals surface area contributed by atoms with Gasteiger partial charge in [0.15, 0.2) is 0 Å². The predicted octanol–water partition coefficient (Wildman–Crippen LogP) is 3.55. The van der Waals surface area contributed by atoms with Crippen LogP contribution in [0.3, 0.4) is 0 Å². The number of benzene rings is 2. The molecule has 0 aromatic heterocycles. The van der Waals surface area contributed by atoms with Gasteiger partial charge in [0.1, 0.15) is 12.6 Å². The molecule has 2 saturated heterocycles. The van der Waals surface area contributed by atoms with Crippen LogP contribution in [0.25, 0.3) is 0 Å². The number of nitrogens with zero attached hydrogens (tertiary/aromatic N) is 3. The second-order valence-electron chi connectivity index (χ2n) is 9.95. The number of rotatable bonds is 6. The van der Waals surface area contributed by atoms with Crippen LogP contribution < -0.4 is 15.1 Å². The Kier molecular flexibility index (Phi) is 6.75. The molecule has 2 atom stereocenters. The number of hydrogen-bond acceptors (Lipinski definition) is 4. The predicted molar refractivity (Wildman–Crippen MR) is 137 cm³/mol. The average molecular weight is 475 g/mol. The summed E-state index contributed by atoms with van der Waals surface area (Å²) in [5, 5.41) is 3.01. The lowest BCUT2D eigenvalue weighted by Crippen LogP contribution is -2.57. The summed E-state index contributed by atoms with van der Waals surface area (Å²) in [7, 11) is 0. The molecule has 0 unspecified atom stereocenters. The molecule has 5 rings (SSSR count). The van der Waals surface area contributed by atoms with Crippen LogP contribution in [0.1, 0.15) is 60.9 Å². The fourth-order valence-corrected chi connectivity index (χ4v) is 5.52. The Labute approximate surface area is 207 Å². The number of carbonyl (C=O) groups excluding carboxylic acids is 3. The van der Waals surface area contributed by atoms with Crippen molar-refractivity contribution in [2.75, 3.05) is 42.5 Å². The molecule has 2 aromatic carbocycles. The van der Waals surface area contributed by atoms with Gasteiger partial charge < -0.3 is 15.1 Å². The second-order valence-corrected chi connectivity index (χ2v) is 9.95. The van der Waals surface area contributed by atoms with Crippen molar-refractivity contribution in [1.82, 2.24) is 10.2 Å². The van der Waals surface area contributed by atoms with E-state index in [1.165, 1.54) is 0 Å². The lowest BCUT2D eigenvalue weighted by Gasteiger charge is -2.45. The SMILES string of the molecule is C[C@H](CNC(=O)CN1C(=O)[C@@H]2CCCCN2c2ccc(C(=O)N3CCCC3)cc21)c1ccccc1. The van der Waals surface area contributed by atoms with Crippen LogP contribution in [0, 0.1) is 0 Å². The molecule has 0 saturated carbocycles. The Morgan fingerprint density at radius 3 is 2.49 bits per heavy atom. The molecule has 35 heavy (non-hydrogen) atoms. The van der Waals surface area contributed by atoms with Crippen LogP contribution in [0.2, 0.25) is 0 Å². The Bertz CT molecular complexity index is 1100. The van der Waals surface area contributed by atoms with E-state index in [1.54, 1.807) is 4.90 Å². The monoisotopic (exact) mass is 474 g/mol. The lowest BCUT2D eigenvalue weighted by atomic mass is 9.95. The number of likely N-dealkylation sites (tertiary alicyclic amines) is 1. The molecule has 7 heteroatoms. The molecule has 2 fully saturated rings. The van der Waals surface area contributed by atoms with E-state index in [2.05, 4.69) is 29.3 Å². The van der Waals surface area contributed by atoms with Crippen molar-refractivity contribution in [3.8, 4) is 0 Å². The third kappa shape index (κ3) is 4.77. The summed E-state index contributed by atoms with van der Waals surface area (Å²) >= 11 is 0. The van der Waals surface area contributed by atoms with E-state index in [-0.39, 0.29) is 36.2 Å². The fourth-order valence-electron chi connectivity index (χ4n) is 5.52. The van der Waals surface area contributed by atoms with Crippen LogP contribution in [0.15, 0.2) is 48.5 Å². The molecule has 0 aliphatic carbocycles. The summed E-state index contributed by atoms with van der Waals surface area (Å²) in [6.45, 7) is 4.90. The molecule has 0 bridgehead atoms. The highest BCUT2D eigenvalue weighted by Crippen LogP contribution is 2.40. The fraction of sp³-hybridized carbons (Fsp3) is 0.464. The summed E-state index contributed by atoms with van der Waals surface area (Å²) < 4.78 is 0. The first-order chi connectivity index (χ1) is 17.0. The molecule has 3 aliphatic rings. The van der Waals surface area contributed by atoms with E-state index in [4.69, 9.17) is 0 Å². The van der Waals surface area contributed by atoms with Gasteiger partial charge in [-0.05, 0) is 61.8 Å². The average Bonchev–Trinajstić information content (AvgIpc) is 3.44. The second kappa shape index (κ2) is 10.1. The summed E-state index contributed by atoms with van der Waals surface area (Å²) in [6.07, 6.45) is 4.88. The first kappa shape index (κ1) is 23.4. The van der Waals surface area contributed by atoms with Crippen molar-refractivity contribution in [3.63, 3.8) is 0 Å². The minimum atomic E-state index is -0.243. The van der Waals surface area contributed by atoms with Crippen molar-refractivity contribution in [2.45, 2.75) is 51.0 Å². The largest absolute Gasteiger partial charge is 0.358 e. The van der Waals surface area contributed by atoms with Gasteiger partial charge >= 0.3 is 0 Å². The van der Waals surface area contributed by atoms with Gasteiger partial charge in [-0.2, -0.15) is 0 Å². The Balaban J connectivity index is 1.37. The normalized spacial score (nSPS) is 20.3. The highest BCUT2D eigenvalue weighted by atomic mass is 16.2. The van der Waals surface area contributed by atoms with Crippen molar-refractivity contribution in [2.24, 2.45) is 0 Å². The summed E-state index contributed by atoms with van der Waals surface area (Å²) in [5.41, 5.74) is 3.36. The maximum Gasteiger partial charge on any atom is 0.253 e. The van der Waals surface area contributed by atoms with E-state index >= 15 is 0 Å². The van der Waals surface area contributed by atoms with Gasteiger partial charge in [0.25, 0.3) is 5.91 Å². The molecule has 7 nitrogen and oxygen atoms in total. The number of anilines is 2. The van der Waals surface area contributed by atoms with Gasteiger partial charge in [0, 0.05) is 31.7 Å². The Hall–Kier alpha value is -3.35. The molecule has 3 amide bonds. The number of fused-ring (bicyclic) bond motifs is 3. The Morgan fingerprint density at radius 1 is 0.971 bits per heavy atom. The van der Waals surface area contributed by atoms with E-state index in [9.17, 15) is 14.4 Å². The zero-order valence-corrected chi connectivity index (χ0v) is 20.4. The van der Waals surface area contributed by atoms with Crippen molar-refractivity contribution in [3.05, 3.63) is 59.7 Å². The molecule has 3 heterocycles. The topological polar surface area (TPSA) is 73.0 Å². The maximum atomic E-state index is 13.6. The maximum absolute atomic E-state index is 13.6. The number of carbonyl (C=O) groups is 3. The summed E-state index contributed by atoms with van der Waals surface area (Å²) in [5.74, 6) is -0.0653. The van der Waals surface area contributed by atoms with Gasteiger partial charge in [0.2, 0.25) is 11.8 Å². The molecular formula is C28H34N4O3. The molecule has 0 radical (unpaired) electrons. The standard InChI is InChI=1S/C28H34N4O3/c1-20(21-9-3-2-4-10-21)18-29-26(33)19-32-25-17-22(27(34)30-14-7-8-15-30)12-13-23(25)31-16-6-5-11-24(31)28(32)35/h2-4,9-10,12-13,17,20,24H,5-8,11,14-16,18-19H2,1H3,(H,29,33)/t20-,24+/m1/s1. The smallest absolute Gasteiger partial charge is 0.253 e. The van der Waals surface area contributed by atoms with E-state index < -0.39 is 0 Å². The highest BCUT2D eigenvalue weighted by molar-refractivity contribution is 6.09. The number of piperidine rings is 1. The minimum Gasteiger partial charge on any atom is -0.358 e. The Morgan fingerprint density at radius 2 is 1.71 bits per heavy atom. The van der Waals surface area contributed by atoms with E-state index in [1.807, 2.05) is 41.3 Å². The van der Waals surface area contributed by atoms with Crippen molar-refractivity contribution >= 4 is 29.1 Å². The summed E-state index contributed by atoms with van der Waals surface area (Å²) in [4.78, 5) is 45.3. The van der Waals surface area contributed by atoms with Gasteiger partial charge in [0.05, 0.1) is 11.4 Å². The van der Waals surface area contributed by atoms with Crippen LogP contribution in [-0.4, -0.2) is 61.4 Å². The molecular weight excluding hydrogens is 440 g/mol. The van der Waals surface area contributed by atoms with Gasteiger partial charge in [-0.3, -0.25) is 19.3 Å². The zero-order valence-electron chi connectivity index (χ0n) is 20.4. The zero-order chi connectivity index (χ0) is 24.4. The summed E-state index contributed by atoms with van der Waals surface area (Å²) in [6, 6.07) is 15.5. The van der Waals surface area contributed by atoms with Crippen molar-refractivity contribution < 1.29 is 14.4 Å². The first-order valence-electron chi connectivity index (χ1n) is 12.9. The van der Waals surface area contributed by atoms with Gasteiger partial charge in [-0.1, -0.05) is 37.3 Å². The van der Waals surface area contributed by atoms with Crippen LogP contribution in [0.4, 0.5) is 11.4 Å². The lowest BCUT2D eigenvalue weighted by molar-refractivity contribution is -0.125. The third-order valence-electron chi connectivity index (χ3n) is 7.55. The van der Waals surface area contributed by atoms with E-state index in [0.29, 0.717) is 17.8 Å².